The van der Waals surface area contributed by atoms with E-state index in [0.29, 0.717) is 21.3 Å². The minimum absolute atomic E-state index is 0.0717. The second-order valence-corrected chi connectivity index (χ2v) is 29.2. The van der Waals surface area contributed by atoms with Crippen molar-refractivity contribution in [2.24, 2.45) is 23.2 Å². The highest BCUT2D eigenvalue weighted by Crippen LogP contribution is 2.68. The van der Waals surface area contributed by atoms with Gasteiger partial charge in [-0.25, -0.2) is 39.5 Å². The van der Waals surface area contributed by atoms with Crippen LogP contribution in [-0.4, -0.2) is 103 Å². The zero-order chi connectivity index (χ0) is 63.5. The first-order valence-corrected chi connectivity index (χ1v) is 31.5. The molecule has 1 N–H and O–H groups in total. The minimum atomic E-state index is -5.24. The smallest absolute Gasteiger partial charge is 0.443 e. The fourth-order valence-corrected chi connectivity index (χ4v) is 11.8. The highest BCUT2D eigenvalue weighted by molar-refractivity contribution is 7.92. The van der Waals surface area contributed by atoms with E-state index in [1.54, 1.807) is 27.7 Å². The van der Waals surface area contributed by atoms with Gasteiger partial charge < -0.3 is 10.1 Å². The number of nitrogens with zero attached hydrogens (tertiary/aromatic N) is 6. The average Bonchev–Trinajstić information content (AvgIpc) is 1.53. The fourth-order valence-electron chi connectivity index (χ4n) is 8.95. The molecule has 85 heavy (non-hydrogen) atoms. The molecule has 2 aliphatic carbocycles. The SMILES string of the molecule is CC(C)COP(=O)(OCC(C)C)OCC(C)(C)C(=O)OCN(c1nn(CC(F)(F)F)c2c(-c3ccc(C#CC(C)(C)S(C)(=O)=O)nc3[C@H](Cc3cc(F)cc(F)c3)NC(=O)Cn3nc(C(F)(F)F)c4c3C(F)(F)C3C[C@H]43)ccc(Cl)c12)S(C)(=O)=O. The number of hydrogen-bond acceptors (Lipinski definition) is 14. The lowest BCUT2D eigenvalue weighted by Gasteiger charge is -2.27. The lowest BCUT2D eigenvalue weighted by atomic mass is 9.93. The number of amides is 1. The van der Waals surface area contributed by atoms with Crippen molar-refractivity contribution >= 4 is 67.9 Å². The number of carbonyl (C=O) groups is 2. The molecule has 1 fully saturated rings. The summed E-state index contributed by atoms with van der Waals surface area (Å²) < 4.78 is 236. The molecule has 1 unspecified atom stereocenters. The monoisotopic (exact) mass is 1290 g/mol. The number of benzene rings is 2. The third kappa shape index (κ3) is 15.3. The third-order valence-electron chi connectivity index (χ3n) is 13.5. The van der Waals surface area contributed by atoms with E-state index in [1.807, 2.05) is 0 Å². The molecule has 5 aromatic rings. The van der Waals surface area contributed by atoms with Gasteiger partial charge >= 0.3 is 26.1 Å². The van der Waals surface area contributed by atoms with Crippen molar-refractivity contribution in [1.29, 1.82) is 0 Å². The lowest BCUT2D eigenvalue weighted by molar-refractivity contribution is -0.155. The van der Waals surface area contributed by atoms with Gasteiger partial charge in [-0.1, -0.05) is 51.3 Å². The molecule has 2 aromatic carbocycles. The number of nitrogens with one attached hydrogen (secondary N) is 1. The number of anilines is 1. The summed E-state index contributed by atoms with van der Waals surface area (Å²) in [4.78, 5) is 32.7. The third-order valence-corrected chi connectivity index (χ3v) is 18.3. The molecule has 0 bridgehead atoms. The number of carbonyl (C=O) groups excluding carboxylic acids is 2. The molecule has 1 amide bonds. The Hall–Kier alpha value is -5.83. The van der Waals surface area contributed by atoms with Crippen molar-refractivity contribution in [3.63, 3.8) is 0 Å². The summed E-state index contributed by atoms with van der Waals surface area (Å²) in [5.74, 6) is -7.45. The number of sulfone groups is 1. The van der Waals surface area contributed by atoms with E-state index in [1.165, 1.54) is 27.7 Å². The molecule has 0 spiro atoms. The largest absolute Gasteiger partial charge is 0.474 e. The normalized spacial score (nSPS) is 16.7. The van der Waals surface area contributed by atoms with E-state index in [4.69, 9.17) is 29.9 Å². The molecule has 0 saturated heterocycles. The number of phosphoric ester groups is 1. The Morgan fingerprint density at radius 3 is 2.04 bits per heavy atom. The van der Waals surface area contributed by atoms with Crippen molar-refractivity contribution in [2.75, 3.05) is 43.4 Å². The Labute approximate surface area is 487 Å². The molecule has 3 aromatic heterocycles. The van der Waals surface area contributed by atoms with Gasteiger partial charge in [-0.15, -0.1) is 0 Å². The summed E-state index contributed by atoms with van der Waals surface area (Å²) in [6, 6.07) is 4.76. The predicted molar refractivity (Wildman–Crippen MR) is 290 cm³/mol. The number of ether oxygens (including phenoxy) is 1. The zero-order valence-electron chi connectivity index (χ0n) is 47.2. The van der Waals surface area contributed by atoms with E-state index in [0.717, 1.165) is 42.7 Å². The maximum absolute atomic E-state index is 15.7. The molecular formula is C53H59ClF10N7O11PS2. The van der Waals surface area contributed by atoms with Crippen molar-refractivity contribution in [2.45, 2.75) is 116 Å². The average molecular weight is 1290 g/mol. The first-order valence-electron chi connectivity index (χ1n) is 25.9. The van der Waals surface area contributed by atoms with Gasteiger partial charge in [0.05, 0.1) is 59.2 Å². The highest BCUT2D eigenvalue weighted by Gasteiger charge is 2.68. The predicted octanol–water partition coefficient (Wildman–Crippen LogP) is 11.1. The summed E-state index contributed by atoms with van der Waals surface area (Å²) >= 11 is 6.77. The number of halogens is 11. The van der Waals surface area contributed by atoms with Gasteiger partial charge in [0.1, 0.15) is 40.9 Å². The Morgan fingerprint density at radius 2 is 1.48 bits per heavy atom. The summed E-state index contributed by atoms with van der Waals surface area (Å²) in [6.45, 7) is 6.62. The first kappa shape index (κ1) is 66.7. The van der Waals surface area contributed by atoms with Crippen LogP contribution in [-0.2, 0) is 83.9 Å². The van der Waals surface area contributed by atoms with Crippen molar-refractivity contribution < 1.29 is 93.2 Å². The summed E-state index contributed by atoms with van der Waals surface area (Å²) in [5.41, 5.74) is -7.73. The van der Waals surface area contributed by atoms with Crippen LogP contribution in [0.4, 0.5) is 49.7 Å². The van der Waals surface area contributed by atoms with Crippen LogP contribution in [0.3, 0.4) is 0 Å². The summed E-state index contributed by atoms with van der Waals surface area (Å²) in [5, 5.41) is 8.88. The Balaban J connectivity index is 1.39. The summed E-state index contributed by atoms with van der Waals surface area (Å²) in [7, 11) is -13.0. The van der Waals surface area contributed by atoms with Crippen LogP contribution in [0.2, 0.25) is 5.02 Å². The molecule has 2 aliphatic rings. The van der Waals surface area contributed by atoms with Crippen LogP contribution in [0.5, 0.6) is 0 Å². The standard InChI is InChI=1S/C53H59ClF10N7O11PS2/c1-28(2)23-80-83(74,81-24-29(3)4)82-26-49(5,6)48(73)79-27-71(85(10,77)78)47-42-38(54)14-13-35(44(42)70(68-47)25-51(57,58)59)34-12-11-33(15-16-50(7,8)84(9,75)76)65-43(34)39(19-30-17-31(55)20-32(56)18-30)66-40(72)22-69-46-41(45(67-69)53(62,63)64)36-21-37(36)52(46,60)61/h11-14,17-18,20,28-29,36-37,39H,19,21-27H2,1-10H3,(H,66,72)/t36-,37?,39-/m0/s1. The van der Waals surface area contributed by atoms with E-state index >= 15 is 8.78 Å². The van der Waals surface area contributed by atoms with Crippen LogP contribution < -0.4 is 9.62 Å². The van der Waals surface area contributed by atoms with Crippen LogP contribution >= 0.6 is 19.4 Å². The number of fused-ring (bicyclic) bond motifs is 4. The van der Waals surface area contributed by atoms with E-state index < -0.39 is 175 Å². The second-order valence-electron chi connectivity index (χ2n) is 22.7. The maximum Gasteiger partial charge on any atom is 0.474 e. The van der Waals surface area contributed by atoms with Gasteiger partial charge in [0, 0.05) is 34.9 Å². The van der Waals surface area contributed by atoms with Gasteiger partial charge in [-0.3, -0.25) is 32.5 Å². The fraction of sp³-hybridized carbons (Fsp3) is 0.528. The quantitative estimate of drug-likeness (QED) is 0.0211. The molecule has 466 valence electrons. The number of phosphoric acid groups is 1. The number of pyridine rings is 1. The van der Waals surface area contributed by atoms with Gasteiger partial charge in [-0.2, -0.15) is 45.3 Å². The van der Waals surface area contributed by atoms with Crippen molar-refractivity contribution in [3.8, 4) is 23.0 Å². The molecular weight excluding hydrogens is 1230 g/mol. The Bertz CT molecular complexity index is 3730. The Kier molecular flexibility index (Phi) is 18.9. The highest BCUT2D eigenvalue weighted by atomic mass is 35.5. The summed E-state index contributed by atoms with van der Waals surface area (Å²) in [6.07, 6.45) is -9.95. The van der Waals surface area contributed by atoms with Gasteiger partial charge in [0.2, 0.25) is 15.9 Å². The number of sulfonamides is 1. The Morgan fingerprint density at radius 1 is 0.882 bits per heavy atom. The second kappa shape index (κ2) is 24.0. The molecule has 7 rings (SSSR count). The topological polar surface area (TPSA) is 220 Å². The van der Waals surface area contributed by atoms with Crippen molar-refractivity contribution in [1.82, 2.24) is 29.9 Å². The minimum Gasteiger partial charge on any atom is -0.443 e. The number of alkyl halides is 8. The van der Waals surface area contributed by atoms with Gasteiger partial charge in [0.15, 0.2) is 28.1 Å². The number of rotatable bonds is 23. The first-order chi connectivity index (χ1) is 38.9. The molecule has 0 aliphatic heterocycles. The molecule has 3 heterocycles. The number of aromatic nitrogens is 5. The van der Waals surface area contributed by atoms with E-state index in [-0.39, 0.29) is 58.5 Å². The van der Waals surface area contributed by atoms with Crippen LogP contribution in [0.25, 0.3) is 22.0 Å². The van der Waals surface area contributed by atoms with Crippen LogP contribution in [0.15, 0.2) is 42.5 Å². The molecule has 0 radical (unpaired) electrons. The van der Waals surface area contributed by atoms with E-state index in [9.17, 15) is 66.1 Å². The van der Waals surface area contributed by atoms with Crippen molar-refractivity contribution in [3.05, 3.63) is 93.0 Å². The molecule has 3 atom stereocenters. The van der Waals surface area contributed by atoms with Gasteiger partial charge in [-0.05, 0) is 100 Å². The maximum atomic E-state index is 15.7. The number of hydrogen-bond donors (Lipinski definition) is 1. The molecule has 18 nitrogen and oxygen atoms in total. The van der Waals surface area contributed by atoms with Gasteiger partial charge in [0.25, 0.3) is 5.92 Å². The van der Waals surface area contributed by atoms with E-state index in [2.05, 4.69) is 32.3 Å². The van der Waals surface area contributed by atoms with Crippen LogP contribution in [0, 0.1) is 46.6 Å². The number of esters is 1. The zero-order valence-corrected chi connectivity index (χ0v) is 50.5. The lowest BCUT2D eigenvalue weighted by Crippen LogP contribution is -2.38. The van der Waals surface area contributed by atoms with Crippen LogP contribution in [0.1, 0.15) is 108 Å². The molecule has 1 saturated carbocycles. The molecule has 32 heteroatoms.